The number of thioether (sulfide) groups is 1. The highest BCUT2D eigenvalue weighted by atomic mass is 32.2. The molecule has 1 aliphatic rings. The average Bonchev–Trinajstić information content (AvgIpc) is 2.71. The lowest BCUT2D eigenvalue weighted by Gasteiger charge is -2.06. The third-order valence-corrected chi connectivity index (χ3v) is 3.17. The molecule has 1 fully saturated rings. The van der Waals surface area contributed by atoms with E-state index in [-0.39, 0.29) is 0 Å². The SMILES string of the molecule is Cc1coc(SC[C@@H]2CCCN2)n1. The molecule has 1 aliphatic heterocycles. The Morgan fingerprint density at radius 2 is 2.69 bits per heavy atom. The molecule has 2 rings (SSSR count). The highest BCUT2D eigenvalue weighted by Crippen LogP contribution is 2.20. The van der Waals surface area contributed by atoms with Gasteiger partial charge in [0.1, 0.15) is 6.26 Å². The van der Waals surface area contributed by atoms with Gasteiger partial charge < -0.3 is 9.73 Å². The van der Waals surface area contributed by atoms with Crippen LogP contribution >= 0.6 is 11.8 Å². The second kappa shape index (κ2) is 4.15. The minimum atomic E-state index is 0.650. The molecular weight excluding hydrogens is 184 g/mol. The van der Waals surface area contributed by atoms with Crippen molar-refractivity contribution in [2.75, 3.05) is 12.3 Å². The van der Waals surface area contributed by atoms with Gasteiger partial charge in [-0.3, -0.25) is 0 Å². The van der Waals surface area contributed by atoms with E-state index in [1.165, 1.54) is 12.8 Å². The summed E-state index contributed by atoms with van der Waals surface area (Å²) in [6.45, 7) is 3.11. The Morgan fingerprint density at radius 1 is 1.77 bits per heavy atom. The van der Waals surface area contributed by atoms with Crippen LogP contribution in [-0.2, 0) is 0 Å². The number of aryl methyl sites for hydroxylation is 1. The van der Waals surface area contributed by atoms with Crippen molar-refractivity contribution in [2.24, 2.45) is 0 Å². The molecule has 0 aromatic carbocycles. The fourth-order valence-corrected chi connectivity index (χ4v) is 2.42. The average molecular weight is 198 g/mol. The molecule has 13 heavy (non-hydrogen) atoms. The topological polar surface area (TPSA) is 38.1 Å². The van der Waals surface area contributed by atoms with Crippen LogP contribution in [0.25, 0.3) is 0 Å². The molecule has 1 aromatic rings. The first-order chi connectivity index (χ1) is 6.34. The molecule has 4 heteroatoms. The molecule has 3 nitrogen and oxygen atoms in total. The minimum absolute atomic E-state index is 0.650. The summed E-state index contributed by atoms with van der Waals surface area (Å²) in [6.07, 6.45) is 4.28. The van der Waals surface area contributed by atoms with Crippen LogP contribution in [0.3, 0.4) is 0 Å². The van der Waals surface area contributed by atoms with Crippen LogP contribution in [0, 0.1) is 6.92 Å². The molecule has 0 spiro atoms. The lowest BCUT2D eigenvalue weighted by atomic mass is 10.3. The van der Waals surface area contributed by atoms with Crippen LogP contribution in [0.1, 0.15) is 18.5 Å². The first kappa shape index (κ1) is 9.09. The molecule has 1 N–H and O–H groups in total. The quantitative estimate of drug-likeness (QED) is 0.752. The Labute approximate surface area is 82.3 Å². The van der Waals surface area contributed by atoms with Crippen LogP contribution in [-0.4, -0.2) is 23.3 Å². The van der Waals surface area contributed by atoms with Gasteiger partial charge in [0, 0.05) is 11.8 Å². The van der Waals surface area contributed by atoms with Crippen molar-refractivity contribution in [1.29, 1.82) is 0 Å². The zero-order valence-corrected chi connectivity index (χ0v) is 8.56. The van der Waals surface area contributed by atoms with Gasteiger partial charge in [0.2, 0.25) is 0 Å². The van der Waals surface area contributed by atoms with Crippen molar-refractivity contribution in [1.82, 2.24) is 10.3 Å². The highest BCUT2D eigenvalue weighted by molar-refractivity contribution is 7.99. The first-order valence-corrected chi connectivity index (χ1v) is 5.61. The van der Waals surface area contributed by atoms with Crippen LogP contribution in [0.5, 0.6) is 0 Å². The standard InChI is InChI=1S/C9H14N2OS/c1-7-5-12-9(11-7)13-6-8-3-2-4-10-8/h5,8,10H,2-4,6H2,1H3/t8-/m0/s1. The van der Waals surface area contributed by atoms with Gasteiger partial charge in [0.15, 0.2) is 0 Å². The van der Waals surface area contributed by atoms with E-state index in [1.54, 1.807) is 18.0 Å². The summed E-state index contributed by atoms with van der Waals surface area (Å²) in [5.41, 5.74) is 0.960. The van der Waals surface area contributed by atoms with E-state index < -0.39 is 0 Å². The number of hydrogen-bond donors (Lipinski definition) is 1. The van der Waals surface area contributed by atoms with Gasteiger partial charge in [-0.25, -0.2) is 4.98 Å². The fraction of sp³-hybridized carbons (Fsp3) is 0.667. The molecule has 1 aromatic heterocycles. The van der Waals surface area contributed by atoms with E-state index in [2.05, 4.69) is 10.3 Å². The van der Waals surface area contributed by atoms with Gasteiger partial charge in [-0.2, -0.15) is 0 Å². The number of hydrogen-bond acceptors (Lipinski definition) is 4. The summed E-state index contributed by atoms with van der Waals surface area (Å²) in [6, 6.07) is 0.650. The van der Waals surface area contributed by atoms with Crippen molar-refractivity contribution in [2.45, 2.75) is 31.0 Å². The molecule has 0 saturated carbocycles. The zero-order chi connectivity index (χ0) is 9.10. The maximum atomic E-state index is 5.25. The summed E-state index contributed by atoms with van der Waals surface area (Å²) < 4.78 is 5.25. The highest BCUT2D eigenvalue weighted by Gasteiger charge is 2.15. The van der Waals surface area contributed by atoms with Crippen molar-refractivity contribution in [3.05, 3.63) is 12.0 Å². The van der Waals surface area contributed by atoms with Crippen LogP contribution in [0.15, 0.2) is 15.9 Å². The summed E-state index contributed by atoms with van der Waals surface area (Å²) in [4.78, 5) is 4.24. The van der Waals surface area contributed by atoms with E-state index >= 15 is 0 Å². The van der Waals surface area contributed by atoms with E-state index in [1.807, 2.05) is 6.92 Å². The summed E-state index contributed by atoms with van der Waals surface area (Å²) in [5.74, 6) is 1.07. The van der Waals surface area contributed by atoms with Gasteiger partial charge >= 0.3 is 0 Å². The summed E-state index contributed by atoms with van der Waals surface area (Å²) in [5, 5.41) is 4.24. The molecule has 72 valence electrons. The third kappa shape index (κ3) is 2.48. The Balaban J connectivity index is 1.78. The Hall–Kier alpha value is -0.480. The van der Waals surface area contributed by atoms with Crippen molar-refractivity contribution in [3.63, 3.8) is 0 Å². The molecule has 0 bridgehead atoms. The molecule has 2 heterocycles. The lowest BCUT2D eigenvalue weighted by Crippen LogP contribution is -2.23. The number of oxazole rings is 1. The molecule has 0 radical (unpaired) electrons. The van der Waals surface area contributed by atoms with Gasteiger partial charge in [-0.15, -0.1) is 0 Å². The molecule has 1 atom stereocenters. The molecule has 0 unspecified atom stereocenters. The predicted molar refractivity (Wildman–Crippen MR) is 53.0 cm³/mol. The van der Waals surface area contributed by atoms with Crippen molar-refractivity contribution >= 4 is 11.8 Å². The Kier molecular flexibility index (Phi) is 2.90. The number of aromatic nitrogens is 1. The van der Waals surface area contributed by atoms with Gasteiger partial charge in [0.25, 0.3) is 5.22 Å². The maximum Gasteiger partial charge on any atom is 0.255 e. The summed E-state index contributed by atoms with van der Waals surface area (Å²) in [7, 11) is 0. The molecular formula is C9H14N2OS. The van der Waals surface area contributed by atoms with E-state index in [9.17, 15) is 0 Å². The van der Waals surface area contributed by atoms with Gasteiger partial charge in [0.05, 0.1) is 5.69 Å². The van der Waals surface area contributed by atoms with Gasteiger partial charge in [-0.05, 0) is 26.3 Å². The van der Waals surface area contributed by atoms with Crippen LogP contribution < -0.4 is 5.32 Å². The number of rotatable bonds is 3. The first-order valence-electron chi connectivity index (χ1n) is 4.63. The maximum absolute atomic E-state index is 5.25. The minimum Gasteiger partial charge on any atom is -0.440 e. The molecule has 1 saturated heterocycles. The van der Waals surface area contributed by atoms with Gasteiger partial charge in [-0.1, -0.05) is 11.8 Å². The second-order valence-corrected chi connectivity index (χ2v) is 4.33. The van der Waals surface area contributed by atoms with Crippen molar-refractivity contribution in [3.8, 4) is 0 Å². The third-order valence-electron chi connectivity index (χ3n) is 2.17. The summed E-state index contributed by atoms with van der Waals surface area (Å²) >= 11 is 1.70. The molecule has 0 aliphatic carbocycles. The van der Waals surface area contributed by atoms with Crippen LogP contribution in [0.4, 0.5) is 0 Å². The normalized spacial score (nSPS) is 22.4. The fourth-order valence-electron chi connectivity index (χ4n) is 1.47. The van der Waals surface area contributed by atoms with Crippen molar-refractivity contribution < 1.29 is 4.42 Å². The van der Waals surface area contributed by atoms with Crippen LogP contribution in [0.2, 0.25) is 0 Å². The lowest BCUT2D eigenvalue weighted by molar-refractivity contribution is 0.453. The zero-order valence-electron chi connectivity index (χ0n) is 7.75. The smallest absolute Gasteiger partial charge is 0.255 e. The number of nitrogens with one attached hydrogen (secondary N) is 1. The Morgan fingerprint density at radius 3 is 3.31 bits per heavy atom. The predicted octanol–water partition coefficient (Wildman–Crippen LogP) is 1.83. The van der Waals surface area contributed by atoms with E-state index in [0.717, 1.165) is 23.2 Å². The largest absolute Gasteiger partial charge is 0.440 e. The Bertz CT molecular complexity index is 268. The monoisotopic (exact) mass is 198 g/mol. The number of nitrogens with zero attached hydrogens (tertiary/aromatic N) is 1. The second-order valence-electron chi connectivity index (χ2n) is 3.36. The van der Waals surface area contributed by atoms with E-state index in [4.69, 9.17) is 4.42 Å². The molecule has 0 amide bonds. The van der Waals surface area contributed by atoms with E-state index in [0.29, 0.717) is 6.04 Å².